The average Bonchev–Trinajstić information content (AvgIpc) is 3.44. The highest BCUT2D eigenvalue weighted by molar-refractivity contribution is 6.42. The van der Waals surface area contributed by atoms with Crippen LogP contribution in [-0.2, 0) is 24.9 Å². The van der Waals surface area contributed by atoms with Gasteiger partial charge in [-0.15, -0.1) is 0 Å². The summed E-state index contributed by atoms with van der Waals surface area (Å²) < 4.78 is 31.0. The fourth-order valence-electron chi connectivity index (χ4n) is 4.65. The Morgan fingerprint density at radius 2 is 1.86 bits per heavy atom. The van der Waals surface area contributed by atoms with Crippen LogP contribution >= 0.6 is 23.2 Å². The molecule has 0 spiro atoms. The summed E-state index contributed by atoms with van der Waals surface area (Å²) in [6.07, 6.45) is 0.565. The van der Waals surface area contributed by atoms with Crippen molar-refractivity contribution in [2.24, 2.45) is 7.05 Å². The number of aryl methyl sites for hydroxylation is 2. The number of carbonyl (C=O) groups is 1. The summed E-state index contributed by atoms with van der Waals surface area (Å²) in [7, 11) is 1.74. The highest BCUT2D eigenvalue weighted by Gasteiger charge is 2.25. The number of alkyl halides is 2. The minimum Gasteiger partial charge on any atom is -0.339 e. The molecule has 0 N–H and O–H groups in total. The van der Waals surface area contributed by atoms with Gasteiger partial charge in [-0.1, -0.05) is 29.3 Å². The predicted octanol–water partition coefficient (Wildman–Crippen LogP) is 4.73. The van der Waals surface area contributed by atoms with E-state index in [4.69, 9.17) is 23.2 Å². The molecule has 0 unspecified atom stereocenters. The van der Waals surface area contributed by atoms with Crippen LogP contribution in [0.4, 0.5) is 8.78 Å². The fourth-order valence-corrected chi connectivity index (χ4v) is 4.97. The maximum atomic E-state index is 14.0. The average molecular weight is 548 g/mol. The highest BCUT2D eigenvalue weighted by atomic mass is 35.5. The molecule has 0 aliphatic carbocycles. The number of hydrogen-bond acceptors (Lipinski definition) is 5. The van der Waals surface area contributed by atoms with Crippen molar-refractivity contribution in [3.63, 3.8) is 0 Å². The van der Waals surface area contributed by atoms with E-state index in [9.17, 15) is 13.6 Å². The van der Waals surface area contributed by atoms with Crippen LogP contribution in [0.15, 0.2) is 36.7 Å². The smallest absolute Gasteiger partial charge is 0.264 e. The second-order valence-electron chi connectivity index (χ2n) is 9.15. The molecule has 12 heteroatoms. The van der Waals surface area contributed by atoms with Gasteiger partial charge in [0, 0.05) is 57.1 Å². The van der Waals surface area contributed by atoms with Gasteiger partial charge < -0.3 is 4.90 Å². The number of aromatic nitrogens is 5. The number of amides is 1. The Bertz CT molecular complexity index is 1460. The van der Waals surface area contributed by atoms with Crippen molar-refractivity contribution in [1.82, 2.24) is 34.3 Å². The Hall–Kier alpha value is -3.08. The van der Waals surface area contributed by atoms with Crippen molar-refractivity contribution >= 4 is 40.1 Å². The summed E-state index contributed by atoms with van der Waals surface area (Å²) in [5.74, 6) is -0.134. The second-order valence-corrected chi connectivity index (χ2v) is 9.96. The number of nitrogens with zero attached hydrogens (tertiary/aromatic N) is 7. The van der Waals surface area contributed by atoms with Gasteiger partial charge in [-0.05, 0) is 30.7 Å². The van der Waals surface area contributed by atoms with Gasteiger partial charge in [-0.2, -0.15) is 10.2 Å². The quantitative estimate of drug-likeness (QED) is 0.349. The van der Waals surface area contributed by atoms with Crippen molar-refractivity contribution in [3.05, 3.63) is 63.5 Å². The molecule has 4 aromatic rings. The topological polar surface area (TPSA) is 72.1 Å². The summed E-state index contributed by atoms with van der Waals surface area (Å²) in [4.78, 5) is 21.8. The largest absolute Gasteiger partial charge is 0.339 e. The molecule has 194 valence electrons. The molecule has 8 nitrogen and oxygen atoms in total. The summed E-state index contributed by atoms with van der Waals surface area (Å²) in [5, 5.41) is 9.84. The van der Waals surface area contributed by atoms with Gasteiger partial charge in [0.25, 0.3) is 6.43 Å². The van der Waals surface area contributed by atoms with Crippen LogP contribution in [0.3, 0.4) is 0 Å². The zero-order valence-corrected chi connectivity index (χ0v) is 21.8. The lowest BCUT2D eigenvalue weighted by Gasteiger charge is -2.34. The normalized spacial score (nSPS) is 14.7. The molecule has 1 aromatic carbocycles. The maximum absolute atomic E-state index is 14.0. The number of hydrogen-bond donors (Lipinski definition) is 0. The molecule has 1 amide bonds. The third-order valence-corrected chi connectivity index (χ3v) is 7.28. The van der Waals surface area contributed by atoms with Crippen LogP contribution in [-0.4, -0.2) is 66.4 Å². The first-order valence-electron chi connectivity index (χ1n) is 11.8. The zero-order valence-electron chi connectivity index (χ0n) is 20.3. The molecule has 5 rings (SSSR count). The summed E-state index contributed by atoms with van der Waals surface area (Å²) in [6.45, 7) is 4.78. The summed E-state index contributed by atoms with van der Waals surface area (Å²) in [6, 6.07) is 6.95. The first kappa shape index (κ1) is 25.6. The molecule has 0 bridgehead atoms. The molecular weight excluding hydrogens is 523 g/mol. The van der Waals surface area contributed by atoms with E-state index in [1.165, 1.54) is 10.7 Å². The van der Waals surface area contributed by atoms with Gasteiger partial charge in [0.15, 0.2) is 5.65 Å². The van der Waals surface area contributed by atoms with Gasteiger partial charge in [0.05, 0.1) is 33.0 Å². The Morgan fingerprint density at radius 1 is 1.11 bits per heavy atom. The number of benzene rings is 1. The number of rotatable bonds is 6. The van der Waals surface area contributed by atoms with E-state index in [1.54, 1.807) is 42.0 Å². The number of halogens is 4. The maximum Gasteiger partial charge on any atom is 0.264 e. The van der Waals surface area contributed by atoms with Crippen LogP contribution in [0, 0.1) is 6.92 Å². The molecule has 1 fully saturated rings. The van der Waals surface area contributed by atoms with E-state index in [0.29, 0.717) is 59.7 Å². The van der Waals surface area contributed by atoms with E-state index >= 15 is 0 Å². The molecule has 1 aliphatic heterocycles. The van der Waals surface area contributed by atoms with Gasteiger partial charge >= 0.3 is 0 Å². The standard InChI is InChI=1S/C25H25Cl2F2N7O/c1-15-23-18(24(28)29)10-21(17-11-30-33(2)13-17)31-25(23)36(32-15)14-22(37)35-7-5-34(6-8-35)12-16-3-4-19(26)20(27)9-16/h3-4,9-11,13,24H,5-8,12,14H2,1-2H3. The molecule has 0 saturated carbocycles. The van der Waals surface area contributed by atoms with Crippen LogP contribution in [0.2, 0.25) is 10.0 Å². The fraction of sp³-hybridized carbons (Fsp3) is 0.360. The van der Waals surface area contributed by atoms with E-state index in [2.05, 4.69) is 20.1 Å². The van der Waals surface area contributed by atoms with Crippen molar-refractivity contribution < 1.29 is 13.6 Å². The molecule has 37 heavy (non-hydrogen) atoms. The van der Waals surface area contributed by atoms with Gasteiger partial charge in [-0.25, -0.2) is 18.4 Å². The van der Waals surface area contributed by atoms with Crippen molar-refractivity contribution in [3.8, 4) is 11.3 Å². The van der Waals surface area contributed by atoms with Crippen LogP contribution in [0.25, 0.3) is 22.3 Å². The zero-order chi connectivity index (χ0) is 26.3. The Balaban J connectivity index is 1.32. The molecule has 0 radical (unpaired) electrons. The van der Waals surface area contributed by atoms with E-state index in [1.807, 2.05) is 12.1 Å². The Kier molecular flexibility index (Phi) is 7.15. The van der Waals surface area contributed by atoms with Crippen molar-refractivity contribution in [2.45, 2.75) is 26.4 Å². The Morgan fingerprint density at radius 3 is 2.51 bits per heavy atom. The lowest BCUT2D eigenvalue weighted by Crippen LogP contribution is -2.49. The second kappa shape index (κ2) is 10.4. The van der Waals surface area contributed by atoms with Gasteiger partial charge in [0.2, 0.25) is 5.91 Å². The monoisotopic (exact) mass is 547 g/mol. The van der Waals surface area contributed by atoms with Crippen molar-refractivity contribution in [2.75, 3.05) is 26.2 Å². The summed E-state index contributed by atoms with van der Waals surface area (Å²) in [5.41, 5.74) is 2.55. The summed E-state index contributed by atoms with van der Waals surface area (Å²) >= 11 is 12.1. The molecule has 4 heterocycles. The number of piperazine rings is 1. The van der Waals surface area contributed by atoms with Gasteiger partial charge in [0.1, 0.15) is 6.54 Å². The molecule has 3 aromatic heterocycles. The Labute approximate surface area is 222 Å². The lowest BCUT2D eigenvalue weighted by atomic mass is 10.1. The highest BCUT2D eigenvalue weighted by Crippen LogP contribution is 2.33. The van der Waals surface area contributed by atoms with E-state index in [-0.39, 0.29) is 29.0 Å². The lowest BCUT2D eigenvalue weighted by molar-refractivity contribution is -0.133. The van der Waals surface area contributed by atoms with E-state index in [0.717, 1.165) is 5.56 Å². The van der Waals surface area contributed by atoms with Crippen molar-refractivity contribution in [1.29, 1.82) is 0 Å². The number of fused-ring (bicyclic) bond motifs is 1. The van der Waals surface area contributed by atoms with Crippen LogP contribution in [0.5, 0.6) is 0 Å². The van der Waals surface area contributed by atoms with Crippen LogP contribution in [0.1, 0.15) is 23.2 Å². The SMILES string of the molecule is Cc1nn(CC(=O)N2CCN(Cc3ccc(Cl)c(Cl)c3)CC2)c2nc(-c3cnn(C)c3)cc(C(F)F)c12. The van der Waals surface area contributed by atoms with E-state index < -0.39 is 6.43 Å². The predicted molar refractivity (Wildman–Crippen MR) is 138 cm³/mol. The minimum atomic E-state index is -2.71. The number of carbonyl (C=O) groups excluding carboxylic acids is 1. The third kappa shape index (κ3) is 5.32. The molecule has 1 saturated heterocycles. The minimum absolute atomic E-state index is 0.0801. The first-order chi connectivity index (χ1) is 17.7. The molecular formula is C25H25Cl2F2N7O. The molecule has 1 aliphatic rings. The van der Waals surface area contributed by atoms with Gasteiger partial charge in [-0.3, -0.25) is 14.4 Å². The number of pyridine rings is 1. The van der Waals surface area contributed by atoms with Crippen LogP contribution < -0.4 is 0 Å². The third-order valence-electron chi connectivity index (χ3n) is 6.54. The molecule has 0 atom stereocenters. The first-order valence-corrected chi connectivity index (χ1v) is 12.5.